The third-order valence-corrected chi connectivity index (χ3v) is 6.39. The van der Waals surface area contributed by atoms with Crippen LogP contribution in [0, 0.1) is 5.92 Å². The van der Waals surface area contributed by atoms with Gasteiger partial charge in [-0.05, 0) is 41.8 Å². The molecule has 0 unspecified atom stereocenters. The molecule has 0 N–H and O–H groups in total. The van der Waals surface area contributed by atoms with Crippen LogP contribution in [0.15, 0.2) is 78.9 Å². The third kappa shape index (κ3) is 4.23. The van der Waals surface area contributed by atoms with E-state index in [1.807, 2.05) is 85.8 Å². The monoisotopic (exact) mass is 472 g/mol. The van der Waals surface area contributed by atoms with E-state index in [1.165, 1.54) is 4.90 Å². The van der Waals surface area contributed by atoms with E-state index in [9.17, 15) is 9.59 Å². The molecule has 7 heteroatoms. The minimum Gasteiger partial charge on any atom is -0.493 e. The predicted octanol–water partition coefficient (Wildman–Crippen LogP) is 4.53. The highest BCUT2D eigenvalue weighted by atomic mass is 16.7. The molecular weight excluding hydrogens is 444 g/mol. The normalized spacial score (nSPS) is 21.4. The molecule has 0 radical (unpaired) electrons. The fraction of sp³-hybridized carbons (Fsp3) is 0.286. The zero-order valence-corrected chi connectivity index (χ0v) is 19.8. The van der Waals surface area contributed by atoms with Gasteiger partial charge >= 0.3 is 0 Å². The first-order chi connectivity index (χ1) is 17.1. The number of para-hydroxylation sites is 1. The number of ether oxygens (including phenoxy) is 2. The summed E-state index contributed by atoms with van der Waals surface area (Å²) in [5, 5.41) is 1.69. The number of hydrogen-bond donors (Lipinski definition) is 0. The van der Waals surface area contributed by atoms with Crippen LogP contribution in [-0.2, 0) is 21.0 Å². The average molecular weight is 473 g/mol. The van der Waals surface area contributed by atoms with Crippen LogP contribution in [-0.4, -0.2) is 36.5 Å². The van der Waals surface area contributed by atoms with Gasteiger partial charge in [0.25, 0.3) is 5.91 Å². The molecule has 0 aromatic heterocycles. The lowest BCUT2D eigenvalue weighted by Gasteiger charge is -2.29. The fourth-order valence-electron chi connectivity index (χ4n) is 4.73. The van der Waals surface area contributed by atoms with E-state index in [0.717, 1.165) is 23.2 Å². The molecular formula is C28H28N2O5. The van der Waals surface area contributed by atoms with Crippen molar-refractivity contribution in [2.24, 2.45) is 5.92 Å². The van der Waals surface area contributed by atoms with E-state index in [4.69, 9.17) is 14.3 Å². The van der Waals surface area contributed by atoms with Crippen LogP contribution in [0.1, 0.15) is 30.5 Å². The molecule has 2 fully saturated rings. The van der Waals surface area contributed by atoms with E-state index in [1.54, 1.807) is 12.2 Å². The summed E-state index contributed by atoms with van der Waals surface area (Å²) in [6, 6.07) is 24.2. The van der Waals surface area contributed by atoms with E-state index in [2.05, 4.69) is 0 Å². The molecule has 2 aliphatic rings. The Morgan fingerprint density at radius 2 is 1.60 bits per heavy atom. The van der Waals surface area contributed by atoms with Crippen LogP contribution >= 0.6 is 0 Å². The first kappa shape index (κ1) is 22.9. The molecule has 3 aromatic carbocycles. The summed E-state index contributed by atoms with van der Waals surface area (Å²) in [6.07, 6.45) is -0.0146. The molecule has 5 rings (SSSR count). The molecule has 0 saturated carbocycles. The Labute approximate surface area is 204 Å². The largest absolute Gasteiger partial charge is 0.493 e. The summed E-state index contributed by atoms with van der Waals surface area (Å²) in [4.78, 5) is 34.5. The highest BCUT2D eigenvalue weighted by molar-refractivity contribution is 6.07. The van der Waals surface area contributed by atoms with E-state index in [0.29, 0.717) is 18.1 Å². The lowest BCUT2D eigenvalue weighted by atomic mass is 9.90. The SMILES string of the molecule is CCCOc1ccc([C@@H]2[C@H]3C(=O)N(Cc4ccccc4)C(=O)[C@@H]3ON2c2ccccc2)cc1OC. The van der Waals surface area contributed by atoms with Crippen molar-refractivity contribution in [2.75, 3.05) is 18.8 Å². The van der Waals surface area contributed by atoms with Crippen LogP contribution in [0.5, 0.6) is 11.5 Å². The topological polar surface area (TPSA) is 68.3 Å². The maximum atomic E-state index is 13.7. The summed E-state index contributed by atoms with van der Waals surface area (Å²) < 4.78 is 11.4. The Morgan fingerprint density at radius 1 is 0.886 bits per heavy atom. The number of carbonyl (C=O) groups excluding carboxylic acids is 2. The van der Waals surface area contributed by atoms with Crippen molar-refractivity contribution >= 4 is 17.5 Å². The van der Waals surface area contributed by atoms with E-state index >= 15 is 0 Å². The minimum atomic E-state index is -0.890. The second-order valence-electron chi connectivity index (χ2n) is 8.66. The van der Waals surface area contributed by atoms with Crippen molar-refractivity contribution in [2.45, 2.75) is 32.0 Å². The zero-order valence-electron chi connectivity index (χ0n) is 19.8. The van der Waals surface area contributed by atoms with Gasteiger partial charge in [-0.25, -0.2) is 5.06 Å². The number of methoxy groups -OCH3 is 1. The van der Waals surface area contributed by atoms with Crippen molar-refractivity contribution in [1.82, 2.24) is 4.90 Å². The fourth-order valence-corrected chi connectivity index (χ4v) is 4.73. The highest BCUT2D eigenvalue weighted by Gasteiger charge is 2.59. The highest BCUT2D eigenvalue weighted by Crippen LogP contribution is 2.48. The van der Waals surface area contributed by atoms with Crippen molar-refractivity contribution in [3.63, 3.8) is 0 Å². The van der Waals surface area contributed by atoms with Crippen LogP contribution in [0.3, 0.4) is 0 Å². The molecule has 0 spiro atoms. The van der Waals surface area contributed by atoms with Gasteiger partial charge in [0, 0.05) is 0 Å². The van der Waals surface area contributed by atoms with Gasteiger partial charge in [0.15, 0.2) is 17.6 Å². The number of carbonyl (C=O) groups is 2. The molecule has 0 bridgehead atoms. The third-order valence-electron chi connectivity index (χ3n) is 6.39. The van der Waals surface area contributed by atoms with Gasteiger partial charge in [-0.3, -0.25) is 19.3 Å². The summed E-state index contributed by atoms with van der Waals surface area (Å²) >= 11 is 0. The molecule has 180 valence electrons. The average Bonchev–Trinajstić information content (AvgIpc) is 3.40. The molecule has 2 heterocycles. The first-order valence-electron chi connectivity index (χ1n) is 11.8. The number of anilines is 1. The van der Waals surface area contributed by atoms with Crippen LogP contribution in [0.4, 0.5) is 5.69 Å². The number of fused-ring (bicyclic) bond motifs is 1. The van der Waals surface area contributed by atoms with Gasteiger partial charge in [-0.1, -0.05) is 61.5 Å². The Hall–Kier alpha value is -3.84. The van der Waals surface area contributed by atoms with Gasteiger partial charge in [0.1, 0.15) is 5.92 Å². The van der Waals surface area contributed by atoms with Crippen LogP contribution < -0.4 is 14.5 Å². The molecule has 2 aliphatic heterocycles. The van der Waals surface area contributed by atoms with Crippen LogP contribution in [0.25, 0.3) is 0 Å². The maximum Gasteiger partial charge on any atom is 0.262 e. The zero-order chi connectivity index (χ0) is 24.4. The molecule has 3 aromatic rings. The smallest absolute Gasteiger partial charge is 0.262 e. The molecule has 35 heavy (non-hydrogen) atoms. The summed E-state index contributed by atoms with van der Waals surface area (Å²) in [7, 11) is 1.59. The number of benzene rings is 3. The summed E-state index contributed by atoms with van der Waals surface area (Å²) in [5.74, 6) is -0.0251. The molecule has 0 aliphatic carbocycles. The molecule has 3 atom stereocenters. The number of nitrogens with zero attached hydrogens (tertiary/aromatic N) is 2. The first-order valence-corrected chi connectivity index (χ1v) is 11.8. The van der Waals surface area contributed by atoms with Gasteiger partial charge in [0.2, 0.25) is 5.91 Å². The Morgan fingerprint density at radius 3 is 2.29 bits per heavy atom. The number of likely N-dealkylation sites (tertiary alicyclic amines) is 1. The van der Waals surface area contributed by atoms with Gasteiger partial charge < -0.3 is 9.47 Å². The minimum absolute atomic E-state index is 0.222. The lowest BCUT2D eigenvalue weighted by Crippen LogP contribution is -2.36. The number of rotatable bonds is 8. The summed E-state index contributed by atoms with van der Waals surface area (Å²) in [5.41, 5.74) is 2.47. The molecule has 2 amide bonds. The molecule has 7 nitrogen and oxygen atoms in total. The van der Waals surface area contributed by atoms with Gasteiger partial charge in [-0.2, -0.15) is 0 Å². The lowest BCUT2D eigenvalue weighted by molar-refractivity contribution is -0.143. The van der Waals surface area contributed by atoms with Gasteiger partial charge in [-0.15, -0.1) is 0 Å². The Bertz CT molecular complexity index is 1200. The Kier molecular flexibility index (Phi) is 6.42. The number of hydrogen-bond acceptors (Lipinski definition) is 6. The van der Waals surface area contributed by atoms with E-state index < -0.39 is 18.1 Å². The van der Waals surface area contributed by atoms with Crippen LogP contribution in [0.2, 0.25) is 0 Å². The number of hydroxylamine groups is 1. The summed E-state index contributed by atoms with van der Waals surface area (Å²) in [6.45, 7) is 2.84. The quantitative estimate of drug-likeness (QED) is 0.449. The molecule has 2 saturated heterocycles. The standard InChI is InChI=1S/C28H28N2O5/c1-3-16-34-22-15-14-20(17-23(22)33-2)25-24-26(35-30(25)21-12-8-5-9-13-21)28(32)29(27(24)31)18-19-10-6-4-7-11-19/h4-15,17,24-26H,3,16,18H2,1-2H3/t24-,25-,26-/m1/s1. The predicted molar refractivity (Wildman–Crippen MR) is 131 cm³/mol. The maximum absolute atomic E-state index is 13.7. The van der Waals surface area contributed by atoms with Gasteiger partial charge in [0.05, 0.1) is 32.0 Å². The van der Waals surface area contributed by atoms with Crippen molar-refractivity contribution in [3.8, 4) is 11.5 Å². The Balaban J connectivity index is 1.52. The van der Waals surface area contributed by atoms with Crippen molar-refractivity contribution in [3.05, 3.63) is 90.0 Å². The van der Waals surface area contributed by atoms with E-state index in [-0.39, 0.29) is 18.4 Å². The number of imide groups is 1. The second-order valence-corrected chi connectivity index (χ2v) is 8.66. The van der Waals surface area contributed by atoms with Crippen molar-refractivity contribution < 1.29 is 23.9 Å². The second kappa shape index (κ2) is 9.80. The van der Waals surface area contributed by atoms with Crippen molar-refractivity contribution in [1.29, 1.82) is 0 Å². The number of amides is 2.